The molecule has 0 aromatic heterocycles. The second-order valence-corrected chi connectivity index (χ2v) is 3.46. The fourth-order valence-corrected chi connectivity index (χ4v) is 1.33. The molecule has 0 aliphatic heterocycles. The van der Waals surface area contributed by atoms with E-state index < -0.39 is 5.97 Å². The summed E-state index contributed by atoms with van der Waals surface area (Å²) >= 11 is 5.28. The average Bonchev–Trinajstić information content (AvgIpc) is 2.31. The molecule has 0 atom stereocenters. The van der Waals surface area contributed by atoms with Crippen molar-refractivity contribution in [1.82, 2.24) is 0 Å². The Morgan fingerprint density at radius 3 is 2.59 bits per heavy atom. The van der Waals surface area contributed by atoms with E-state index in [9.17, 15) is 9.59 Å². The molecule has 0 fully saturated rings. The van der Waals surface area contributed by atoms with Crippen molar-refractivity contribution in [2.75, 3.05) is 6.07 Å². The largest absolute Gasteiger partial charge is 0.449 e. The van der Waals surface area contributed by atoms with E-state index >= 15 is 0 Å². The lowest BCUT2D eigenvalue weighted by molar-refractivity contribution is -0.141. The molecule has 1 rings (SSSR count). The van der Waals surface area contributed by atoms with Crippen molar-refractivity contribution in [3.8, 4) is 5.75 Å². The highest BCUT2D eigenvalue weighted by atomic mass is 35.5. The number of para-hydroxylation sites is 1. The van der Waals surface area contributed by atoms with Crippen LogP contribution in [0.25, 0.3) is 0 Å². The van der Waals surface area contributed by atoms with E-state index in [0.29, 0.717) is 11.3 Å². The van der Waals surface area contributed by atoms with E-state index in [-0.39, 0.29) is 24.9 Å². The molecule has 0 saturated heterocycles. The third kappa shape index (κ3) is 4.44. The van der Waals surface area contributed by atoms with Crippen LogP contribution in [0.1, 0.15) is 18.9 Å². The lowest BCUT2D eigenvalue weighted by Crippen LogP contribution is -2.11. The van der Waals surface area contributed by atoms with Gasteiger partial charge in [0.25, 0.3) is 0 Å². The van der Waals surface area contributed by atoms with Crippen molar-refractivity contribution in [3.63, 3.8) is 0 Å². The third-order valence-corrected chi connectivity index (χ3v) is 2.14. The monoisotopic (exact) mass is 256 g/mol. The van der Waals surface area contributed by atoms with Gasteiger partial charge >= 0.3 is 11.9 Å². The molecule has 0 spiro atoms. The minimum atomic E-state index is -0.458. The van der Waals surface area contributed by atoms with Crippen LogP contribution >= 0.6 is 11.6 Å². The summed E-state index contributed by atoms with van der Waals surface area (Å²) in [7, 11) is 0. The van der Waals surface area contributed by atoms with E-state index in [1.54, 1.807) is 31.2 Å². The topological polar surface area (TPSA) is 52.6 Å². The Morgan fingerprint density at radius 2 is 1.94 bits per heavy atom. The second-order valence-electron chi connectivity index (χ2n) is 3.24. The van der Waals surface area contributed by atoms with Crippen LogP contribution < -0.4 is 4.74 Å². The third-order valence-electron chi connectivity index (χ3n) is 2.04. The van der Waals surface area contributed by atoms with Gasteiger partial charge in [-0.3, -0.25) is 9.59 Å². The first-order valence-electron chi connectivity index (χ1n) is 5.17. The summed E-state index contributed by atoms with van der Waals surface area (Å²) in [4.78, 5) is 22.5. The van der Waals surface area contributed by atoms with Gasteiger partial charge in [-0.05, 0) is 6.07 Å². The van der Waals surface area contributed by atoms with Crippen molar-refractivity contribution in [1.29, 1.82) is 0 Å². The zero-order valence-electron chi connectivity index (χ0n) is 9.44. The van der Waals surface area contributed by atoms with Crippen molar-refractivity contribution in [2.45, 2.75) is 19.8 Å². The molecular formula is C12H13ClO4. The van der Waals surface area contributed by atoms with E-state index in [2.05, 4.69) is 4.74 Å². The van der Waals surface area contributed by atoms with Gasteiger partial charge in [-0.25, -0.2) is 0 Å². The molecule has 0 amide bonds. The summed E-state index contributed by atoms with van der Waals surface area (Å²) in [5.74, 6) is -0.422. The molecule has 4 nitrogen and oxygen atoms in total. The first-order chi connectivity index (χ1) is 8.17. The molecular weight excluding hydrogens is 244 g/mol. The van der Waals surface area contributed by atoms with Gasteiger partial charge in [-0.1, -0.05) is 36.7 Å². The first-order valence-corrected chi connectivity index (χ1v) is 5.71. The summed E-state index contributed by atoms with van der Waals surface area (Å²) in [6, 6.07) is 6.64. The number of carbonyl (C=O) groups excluding carboxylic acids is 2. The first kappa shape index (κ1) is 13.5. The molecule has 0 saturated carbocycles. The molecule has 1 aromatic rings. The zero-order chi connectivity index (χ0) is 12.7. The van der Waals surface area contributed by atoms with Gasteiger partial charge < -0.3 is 9.47 Å². The summed E-state index contributed by atoms with van der Waals surface area (Å²) in [5, 5.41) is 0. The number of hydrogen-bond donors (Lipinski definition) is 0. The van der Waals surface area contributed by atoms with Crippen LogP contribution in [0.2, 0.25) is 0 Å². The van der Waals surface area contributed by atoms with Gasteiger partial charge in [0.05, 0.1) is 6.42 Å². The fourth-order valence-electron chi connectivity index (χ4n) is 1.21. The predicted octanol–water partition coefficient (Wildman–Crippen LogP) is 2.28. The van der Waals surface area contributed by atoms with Gasteiger partial charge in [0, 0.05) is 12.0 Å². The van der Waals surface area contributed by atoms with Crippen molar-refractivity contribution in [3.05, 3.63) is 29.8 Å². The Balaban J connectivity index is 2.77. The average molecular weight is 257 g/mol. The number of benzene rings is 1. The summed E-state index contributed by atoms with van der Waals surface area (Å²) < 4.78 is 9.71. The van der Waals surface area contributed by atoms with E-state index in [4.69, 9.17) is 16.3 Å². The molecule has 0 unspecified atom stereocenters. The van der Waals surface area contributed by atoms with Gasteiger partial charge in [0.1, 0.15) is 5.75 Å². The van der Waals surface area contributed by atoms with Crippen molar-refractivity contribution in [2.24, 2.45) is 0 Å². The molecule has 92 valence electrons. The maximum Gasteiger partial charge on any atom is 0.311 e. The number of ether oxygens (including phenoxy) is 2. The molecule has 1 aromatic carbocycles. The highest BCUT2D eigenvalue weighted by molar-refractivity contribution is 6.17. The van der Waals surface area contributed by atoms with Crippen LogP contribution in [0.15, 0.2) is 24.3 Å². The second kappa shape index (κ2) is 6.91. The molecule has 0 bridgehead atoms. The number of alkyl halides is 1. The number of rotatable bonds is 5. The Kier molecular flexibility index (Phi) is 5.49. The maximum atomic E-state index is 11.3. The molecule has 5 heteroatoms. The van der Waals surface area contributed by atoms with Gasteiger partial charge in [-0.2, -0.15) is 0 Å². The van der Waals surface area contributed by atoms with Gasteiger partial charge in [0.15, 0.2) is 6.07 Å². The van der Waals surface area contributed by atoms with E-state index in [1.165, 1.54) is 0 Å². The van der Waals surface area contributed by atoms with E-state index in [0.717, 1.165) is 0 Å². The van der Waals surface area contributed by atoms with Crippen LogP contribution in [-0.2, 0) is 20.7 Å². The van der Waals surface area contributed by atoms with E-state index in [1.807, 2.05) is 0 Å². The van der Waals surface area contributed by atoms with Crippen molar-refractivity contribution < 1.29 is 19.1 Å². The lowest BCUT2D eigenvalue weighted by Gasteiger charge is -2.08. The smallest absolute Gasteiger partial charge is 0.311 e. The number of halogens is 1. The SMILES string of the molecule is CCC(=O)Oc1ccccc1CC(=O)OCCl. The Morgan fingerprint density at radius 1 is 1.24 bits per heavy atom. The number of esters is 2. The normalized spacial score (nSPS) is 9.76. The highest BCUT2D eigenvalue weighted by Crippen LogP contribution is 2.19. The molecule has 0 aliphatic carbocycles. The summed E-state index contributed by atoms with van der Waals surface area (Å²) in [6.07, 6.45) is 0.306. The molecule has 0 radical (unpaired) electrons. The number of carbonyl (C=O) groups is 2. The maximum absolute atomic E-state index is 11.3. The minimum Gasteiger partial charge on any atom is -0.449 e. The molecule has 0 heterocycles. The fraction of sp³-hybridized carbons (Fsp3) is 0.333. The standard InChI is InChI=1S/C12H13ClO4/c1-2-11(14)17-10-6-4-3-5-9(10)7-12(15)16-8-13/h3-6H,2,7-8H2,1H3. The van der Waals surface area contributed by atoms with Crippen LogP contribution in [0.4, 0.5) is 0 Å². The molecule has 0 aliphatic rings. The van der Waals surface area contributed by atoms with Gasteiger partial charge in [0.2, 0.25) is 0 Å². The Labute approximate surface area is 104 Å². The Hall–Kier alpha value is -1.55. The Bertz CT molecular complexity index is 403. The predicted molar refractivity (Wildman–Crippen MR) is 62.9 cm³/mol. The number of hydrogen-bond acceptors (Lipinski definition) is 4. The quantitative estimate of drug-likeness (QED) is 0.461. The lowest BCUT2D eigenvalue weighted by atomic mass is 10.1. The molecule has 0 N–H and O–H groups in total. The van der Waals surface area contributed by atoms with Crippen LogP contribution in [-0.4, -0.2) is 18.0 Å². The van der Waals surface area contributed by atoms with Gasteiger partial charge in [-0.15, -0.1) is 0 Å². The van der Waals surface area contributed by atoms with Crippen LogP contribution in [0.3, 0.4) is 0 Å². The van der Waals surface area contributed by atoms with Crippen LogP contribution in [0.5, 0.6) is 5.75 Å². The minimum absolute atomic E-state index is 0.0277. The zero-order valence-corrected chi connectivity index (χ0v) is 10.2. The molecule has 17 heavy (non-hydrogen) atoms. The van der Waals surface area contributed by atoms with Crippen molar-refractivity contribution >= 4 is 23.5 Å². The highest BCUT2D eigenvalue weighted by Gasteiger charge is 2.11. The summed E-state index contributed by atoms with van der Waals surface area (Å²) in [5.41, 5.74) is 0.601. The summed E-state index contributed by atoms with van der Waals surface area (Å²) in [6.45, 7) is 1.70. The van der Waals surface area contributed by atoms with Crippen LogP contribution in [0, 0.1) is 0 Å².